The number of benzene rings is 3. The Bertz CT molecular complexity index is 1300. The zero-order chi connectivity index (χ0) is 19.1. The van der Waals surface area contributed by atoms with Gasteiger partial charge in [-0.25, -0.2) is 4.98 Å². The molecule has 1 amide bonds. The molecule has 2 heterocycles. The Morgan fingerprint density at radius 1 is 0.964 bits per heavy atom. The zero-order valence-corrected chi connectivity index (χ0v) is 15.9. The van der Waals surface area contributed by atoms with Crippen LogP contribution < -0.4 is 5.32 Å². The fourth-order valence-electron chi connectivity index (χ4n) is 3.20. The average molecular weight is 384 g/mol. The second-order valence-corrected chi connectivity index (χ2v) is 7.57. The Balaban J connectivity index is 1.50. The first-order valence-corrected chi connectivity index (χ1v) is 9.72. The number of carbonyl (C=O) groups excluding carboxylic acids is 1. The standard InChI is InChI=1S/C22H16N4OS/c1-14-12-20(26(25-14)22-23-18-8-4-5-9-19(18)28-22)24-21(27)17-11-10-15-6-2-3-7-16(15)13-17/h2-13H,1H3,(H,24,27). The quantitative estimate of drug-likeness (QED) is 0.465. The van der Waals surface area contributed by atoms with E-state index < -0.39 is 0 Å². The molecule has 0 unspecified atom stereocenters. The maximum Gasteiger partial charge on any atom is 0.256 e. The molecule has 5 aromatic rings. The van der Waals surface area contributed by atoms with Crippen molar-refractivity contribution in [2.75, 3.05) is 5.32 Å². The number of aryl methyl sites for hydroxylation is 1. The van der Waals surface area contributed by atoms with Crippen LogP contribution in [0.4, 0.5) is 5.82 Å². The van der Waals surface area contributed by atoms with E-state index in [9.17, 15) is 4.79 Å². The summed E-state index contributed by atoms with van der Waals surface area (Å²) in [5.74, 6) is 0.433. The molecule has 6 heteroatoms. The summed E-state index contributed by atoms with van der Waals surface area (Å²) in [4.78, 5) is 17.5. The molecule has 0 bridgehead atoms. The van der Waals surface area contributed by atoms with Crippen LogP contribution in [-0.4, -0.2) is 20.7 Å². The number of nitrogens with one attached hydrogen (secondary N) is 1. The highest BCUT2D eigenvalue weighted by Crippen LogP contribution is 2.27. The van der Waals surface area contributed by atoms with Crippen LogP contribution >= 0.6 is 11.3 Å². The van der Waals surface area contributed by atoms with Gasteiger partial charge in [0.25, 0.3) is 5.91 Å². The highest BCUT2D eigenvalue weighted by atomic mass is 32.1. The number of anilines is 1. The molecular weight excluding hydrogens is 368 g/mol. The number of aromatic nitrogens is 3. The molecule has 5 nitrogen and oxygen atoms in total. The molecule has 0 saturated heterocycles. The number of hydrogen-bond acceptors (Lipinski definition) is 4. The molecule has 136 valence electrons. The summed E-state index contributed by atoms with van der Waals surface area (Å²) in [7, 11) is 0. The van der Waals surface area contributed by atoms with Gasteiger partial charge in [0, 0.05) is 11.6 Å². The van der Waals surface area contributed by atoms with Crippen molar-refractivity contribution in [2.45, 2.75) is 6.92 Å². The number of rotatable bonds is 3. The summed E-state index contributed by atoms with van der Waals surface area (Å²) in [5.41, 5.74) is 2.34. The van der Waals surface area contributed by atoms with Gasteiger partial charge in [0.2, 0.25) is 5.13 Å². The molecule has 0 fully saturated rings. The summed E-state index contributed by atoms with van der Waals surface area (Å²) in [6, 6.07) is 23.5. The van der Waals surface area contributed by atoms with E-state index in [2.05, 4.69) is 15.4 Å². The van der Waals surface area contributed by atoms with Gasteiger partial charge < -0.3 is 5.32 Å². The number of para-hydroxylation sites is 1. The van der Waals surface area contributed by atoms with Gasteiger partial charge in [-0.05, 0) is 42.0 Å². The van der Waals surface area contributed by atoms with Gasteiger partial charge in [-0.15, -0.1) is 0 Å². The van der Waals surface area contributed by atoms with Gasteiger partial charge in [0.15, 0.2) is 0 Å². The fraction of sp³-hybridized carbons (Fsp3) is 0.0455. The molecule has 1 N–H and O–H groups in total. The molecule has 28 heavy (non-hydrogen) atoms. The van der Waals surface area contributed by atoms with Crippen molar-refractivity contribution < 1.29 is 4.79 Å². The minimum Gasteiger partial charge on any atom is -0.306 e. The van der Waals surface area contributed by atoms with Gasteiger partial charge >= 0.3 is 0 Å². The Labute approximate surface area is 165 Å². The first-order valence-electron chi connectivity index (χ1n) is 8.90. The molecule has 3 aromatic carbocycles. The topological polar surface area (TPSA) is 59.8 Å². The monoisotopic (exact) mass is 384 g/mol. The van der Waals surface area contributed by atoms with Crippen molar-refractivity contribution in [3.8, 4) is 5.13 Å². The molecule has 2 aromatic heterocycles. The Morgan fingerprint density at radius 2 is 1.75 bits per heavy atom. The third-order valence-electron chi connectivity index (χ3n) is 4.55. The summed E-state index contributed by atoms with van der Waals surface area (Å²) < 4.78 is 2.77. The van der Waals surface area contributed by atoms with E-state index in [1.54, 1.807) is 16.0 Å². The lowest BCUT2D eigenvalue weighted by Gasteiger charge is -2.07. The van der Waals surface area contributed by atoms with Crippen LogP contribution in [0, 0.1) is 6.92 Å². The summed E-state index contributed by atoms with van der Waals surface area (Å²) in [5, 5.41) is 10.4. The van der Waals surface area contributed by atoms with Gasteiger partial charge in [-0.1, -0.05) is 53.8 Å². The number of thiazole rings is 1. The third-order valence-corrected chi connectivity index (χ3v) is 5.56. The lowest BCUT2D eigenvalue weighted by Crippen LogP contribution is -2.15. The lowest BCUT2D eigenvalue weighted by atomic mass is 10.1. The number of carbonyl (C=O) groups is 1. The average Bonchev–Trinajstić information content (AvgIpc) is 3.30. The Hall–Kier alpha value is -3.51. The summed E-state index contributed by atoms with van der Waals surface area (Å²) in [6.07, 6.45) is 0. The maximum atomic E-state index is 12.9. The van der Waals surface area contributed by atoms with Crippen molar-refractivity contribution in [1.82, 2.24) is 14.8 Å². The molecule has 0 saturated carbocycles. The molecule has 0 aliphatic carbocycles. The summed E-state index contributed by atoms with van der Waals surface area (Å²) in [6.45, 7) is 1.90. The molecule has 5 rings (SSSR count). The molecular formula is C22H16N4OS. The van der Waals surface area contributed by atoms with Crippen molar-refractivity contribution in [3.05, 3.63) is 84.1 Å². The van der Waals surface area contributed by atoms with Crippen molar-refractivity contribution in [3.63, 3.8) is 0 Å². The van der Waals surface area contributed by atoms with Gasteiger partial charge in [-0.2, -0.15) is 9.78 Å². The molecule has 0 spiro atoms. The highest BCUT2D eigenvalue weighted by Gasteiger charge is 2.15. The van der Waals surface area contributed by atoms with E-state index in [4.69, 9.17) is 0 Å². The van der Waals surface area contributed by atoms with Crippen LogP contribution in [0.1, 0.15) is 16.1 Å². The fourth-order valence-corrected chi connectivity index (χ4v) is 4.14. The van der Waals surface area contributed by atoms with E-state index in [0.717, 1.165) is 31.8 Å². The first-order chi connectivity index (χ1) is 13.7. The molecule has 0 radical (unpaired) electrons. The smallest absolute Gasteiger partial charge is 0.256 e. The Kier molecular flexibility index (Phi) is 3.91. The number of fused-ring (bicyclic) bond motifs is 2. The van der Waals surface area contributed by atoms with Gasteiger partial charge in [-0.3, -0.25) is 4.79 Å². The molecule has 0 atom stereocenters. The third kappa shape index (κ3) is 2.93. The van der Waals surface area contributed by atoms with Crippen molar-refractivity contribution in [1.29, 1.82) is 0 Å². The number of hydrogen-bond donors (Lipinski definition) is 1. The second kappa shape index (κ2) is 6.58. The summed E-state index contributed by atoms with van der Waals surface area (Å²) >= 11 is 1.54. The van der Waals surface area contributed by atoms with E-state index >= 15 is 0 Å². The zero-order valence-electron chi connectivity index (χ0n) is 15.1. The number of nitrogens with zero attached hydrogens (tertiary/aromatic N) is 3. The van der Waals surface area contributed by atoms with E-state index in [1.807, 2.05) is 79.7 Å². The van der Waals surface area contributed by atoms with E-state index in [-0.39, 0.29) is 5.91 Å². The van der Waals surface area contributed by atoms with Crippen molar-refractivity contribution >= 4 is 44.1 Å². The largest absolute Gasteiger partial charge is 0.306 e. The van der Waals surface area contributed by atoms with Gasteiger partial charge in [0.05, 0.1) is 15.9 Å². The van der Waals surface area contributed by atoms with Crippen LogP contribution in [0.25, 0.3) is 26.1 Å². The lowest BCUT2D eigenvalue weighted by molar-refractivity contribution is 0.102. The van der Waals surface area contributed by atoms with Crippen LogP contribution in [0.3, 0.4) is 0 Å². The van der Waals surface area contributed by atoms with Crippen LogP contribution in [0.15, 0.2) is 72.8 Å². The highest BCUT2D eigenvalue weighted by molar-refractivity contribution is 7.20. The van der Waals surface area contributed by atoms with Crippen LogP contribution in [0.2, 0.25) is 0 Å². The normalized spacial score (nSPS) is 11.2. The minimum absolute atomic E-state index is 0.173. The second-order valence-electron chi connectivity index (χ2n) is 6.56. The SMILES string of the molecule is Cc1cc(NC(=O)c2ccc3ccccc3c2)n(-c2nc3ccccc3s2)n1. The van der Waals surface area contributed by atoms with E-state index in [1.165, 1.54) is 0 Å². The van der Waals surface area contributed by atoms with Crippen LogP contribution in [-0.2, 0) is 0 Å². The predicted molar refractivity (Wildman–Crippen MR) is 113 cm³/mol. The van der Waals surface area contributed by atoms with Gasteiger partial charge in [0.1, 0.15) is 5.82 Å². The van der Waals surface area contributed by atoms with Crippen molar-refractivity contribution in [2.24, 2.45) is 0 Å². The van der Waals surface area contributed by atoms with E-state index in [0.29, 0.717) is 11.4 Å². The maximum absolute atomic E-state index is 12.9. The predicted octanol–water partition coefficient (Wildman–Crippen LogP) is 5.20. The molecule has 0 aliphatic rings. The Morgan fingerprint density at radius 3 is 2.61 bits per heavy atom. The molecule has 0 aliphatic heterocycles. The minimum atomic E-state index is -0.173. The first kappa shape index (κ1) is 16.6. The van der Waals surface area contributed by atoms with Crippen LogP contribution in [0.5, 0.6) is 0 Å². The number of amides is 1.